The topological polar surface area (TPSA) is 25.8 Å². The van der Waals surface area contributed by atoms with Crippen molar-refractivity contribution >= 4 is 34.2 Å². The molecule has 0 fully saturated rings. The van der Waals surface area contributed by atoms with E-state index in [0.29, 0.717) is 6.42 Å². The van der Waals surface area contributed by atoms with E-state index in [1.807, 2.05) is 24.3 Å². The zero-order chi connectivity index (χ0) is 10.7. The molecule has 0 aliphatic carbocycles. The van der Waals surface area contributed by atoms with Crippen LogP contribution in [0.15, 0.2) is 36.7 Å². The van der Waals surface area contributed by atoms with E-state index < -0.39 is 0 Å². The molecule has 0 unspecified atom stereocenters. The molecule has 0 bridgehead atoms. The molecule has 15 heavy (non-hydrogen) atoms. The van der Waals surface area contributed by atoms with Crippen LogP contribution in [0.25, 0.3) is 0 Å². The first-order valence-electron chi connectivity index (χ1n) is 4.45. The summed E-state index contributed by atoms with van der Waals surface area (Å²) in [5.74, 6) is 0.795. The lowest BCUT2D eigenvalue weighted by Crippen LogP contribution is -1.96. The van der Waals surface area contributed by atoms with E-state index in [1.165, 1.54) is 0 Å². The molecule has 0 atom stereocenters. The number of hydrogen-bond donors (Lipinski definition) is 0. The maximum atomic E-state index is 6.05. The van der Waals surface area contributed by atoms with Crippen molar-refractivity contribution in [3.05, 3.63) is 56.6 Å². The van der Waals surface area contributed by atoms with Crippen molar-refractivity contribution in [2.75, 3.05) is 0 Å². The molecule has 0 N–H and O–H groups in total. The third-order valence-electron chi connectivity index (χ3n) is 1.98. The molecule has 2 aromatic rings. The van der Waals surface area contributed by atoms with E-state index >= 15 is 0 Å². The van der Waals surface area contributed by atoms with Crippen LogP contribution in [0.2, 0.25) is 5.02 Å². The average molecular weight is 331 g/mol. The Hall–Kier alpha value is -0.680. The summed E-state index contributed by atoms with van der Waals surface area (Å²) in [6.45, 7) is 0. The van der Waals surface area contributed by atoms with Gasteiger partial charge in [0.1, 0.15) is 5.82 Å². The summed E-state index contributed by atoms with van der Waals surface area (Å²) in [5, 5.41) is 0.764. The molecule has 0 aliphatic heterocycles. The van der Waals surface area contributed by atoms with Crippen LogP contribution in [0.3, 0.4) is 0 Å². The van der Waals surface area contributed by atoms with Crippen molar-refractivity contribution in [3.63, 3.8) is 0 Å². The molecule has 0 saturated heterocycles. The van der Waals surface area contributed by atoms with Gasteiger partial charge in [0.15, 0.2) is 0 Å². The summed E-state index contributed by atoms with van der Waals surface area (Å²) in [6, 6.07) is 7.75. The van der Waals surface area contributed by atoms with Crippen LogP contribution in [-0.2, 0) is 6.42 Å². The predicted octanol–water partition coefficient (Wildman–Crippen LogP) is 3.33. The average Bonchev–Trinajstić information content (AvgIpc) is 2.25. The summed E-state index contributed by atoms with van der Waals surface area (Å²) >= 11 is 8.23. The normalized spacial score (nSPS) is 10.3. The van der Waals surface area contributed by atoms with Gasteiger partial charge in [-0.1, -0.05) is 29.8 Å². The first-order chi connectivity index (χ1) is 7.25. The summed E-state index contributed by atoms with van der Waals surface area (Å²) in [7, 11) is 0. The van der Waals surface area contributed by atoms with Crippen LogP contribution in [0, 0.1) is 3.57 Å². The summed E-state index contributed by atoms with van der Waals surface area (Å²) < 4.78 is 1.04. The molecule has 2 rings (SSSR count). The molecular weight excluding hydrogens is 322 g/mol. The highest BCUT2D eigenvalue weighted by Gasteiger charge is 2.02. The Morgan fingerprint density at radius 3 is 2.47 bits per heavy atom. The van der Waals surface area contributed by atoms with E-state index in [0.717, 1.165) is 20.0 Å². The van der Waals surface area contributed by atoms with Gasteiger partial charge in [-0.25, -0.2) is 9.97 Å². The van der Waals surface area contributed by atoms with E-state index in [2.05, 4.69) is 32.6 Å². The van der Waals surface area contributed by atoms with Crippen LogP contribution in [0.5, 0.6) is 0 Å². The lowest BCUT2D eigenvalue weighted by atomic mass is 10.1. The molecule has 0 spiro atoms. The summed E-state index contributed by atoms with van der Waals surface area (Å²) in [6.07, 6.45) is 4.29. The van der Waals surface area contributed by atoms with Gasteiger partial charge in [-0.3, -0.25) is 0 Å². The Morgan fingerprint density at radius 1 is 1.13 bits per heavy atom. The Labute approximate surface area is 107 Å². The van der Waals surface area contributed by atoms with Crippen molar-refractivity contribution in [2.45, 2.75) is 6.42 Å². The highest BCUT2D eigenvalue weighted by molar-refractivity contribution is 14.1. The molecule has 2 nitrogen and oxygen atoms in total. The third kappa shape index (κ3) is 2.89. The smallest absolute Gasteiger partial charge is 0.132 e. The molecule has 4 heteroatoms. The summed E-state index contributed by atoms with van der Waals surface area (Å²) in [4.78, 5) is 8.47. The van der Waals surface area contributed by atoms with Gasteiger partial charge < -0.3 is 0 Å². The first kappa shape index (κ1) is 10.8. The van der Waals surface area contributed by atoms with Crippen molar-refractivity contribution < 1.29 is 0 Å². The van der Waals surface area contributed by atoms with E-state index in [-0.39, 0.29) is 0 Å². The highest BCUT2D eigenvalue weighted by Crippen LogP contribution is 2.17. The predicted molar refractivity (Wildman–Crippen MR) is 69.0 cm³/mol. The molecule has 76 valence electrons. The van der Waals surface area contributed by atoms with Crippen LogP contribution in [0.1, 0.15) is 11.4 Å². The van der Waals surface area contributed by atoms with E-state index in [9.17, 15) is 0 Å². The van der Waals surface area contributed by atoms with Gasteiger partial charge in [0.05, 0.1) is 0 Å². The maximum Gasteiger partial charge on any atom is 0.132 e. The quantitative estimate of drug-likeness (QED) is 0.790. The molecule has 0 aliphatic rings. The second kappa shape index (κ2) is 4.90. The van der Waals surface area contributed by atoms with Gasteiger partial charge in [-0.05, 0) is 34.2 Å². The molecule has 1 aromatic heterocycles. The van der Waals surface area contributed by atoms with Gasteiger partial charge >= 0.3 is 0 Å². The monoisotopic (exact) mass is 330 g/mol. The minimum Gasteiger partial charge on any atom is -0.240 e. The van der Waals surface area contributed by atoms with Gasteiger partial charge in [0.25, 0.3) is 0 Å². The molecule has 1 heterocycles. The minimum absolute atomic E-state index is 0.677. The Bertz CT molecular complexity index is 456. The lowest BCUT2D eigenvalue weighted by molar-refractivity contribution is 0.961. The van der Waals surface area contributed by atoms with Gasteiger partial charge in [0.2, 0.25) is 0 Å². The highest BCUT2D eigenvalue weighted by atomic mass is 127. The van der Waals surface area contributed by atoms with E-state index in [1.54, 1.807) is 12.4 Å². The first-order valence-corrected chi connectivity index (χ1v) is 5.91. The Morgan fingerprint density at radius 2 is 1.80 bits per heavy atom. The number of nitrogens with zero attached hydrogens (tertiary/aromatic N) is 2. The molecule has 0 radical (unpaired) electrons. The van der Waals surface area contributed by atoms with E-state index in [4.69, 9.17) is 11.6 Å². The van der Waals surface area contributed by atoms with Crippen LogP contribution in [-0.4, -0.2) is 9.97 Å². The minimum atomic E-state index is 0.677. The fourth-order valence-corrected chi connectivity index (χ4v) is 1.72. The fourth-order valence-electron chi connectivity index (χ4n) is 1.24. The SMILES string of the molecule is Clc1ccccc1Cc1ncc(I)cn1. The lowest BCUT2D eigenvalue weighted by Gasteiger charge is -2.02. The Balaban J connectivity index is 2.22. The second-order valence-electron chi connectivity index (χ2n) is 3.09. The number of rotatable bonds is 2. The molecule has 1 aromatic carbocycles. The van der Waals surface area contributed by atoms with Crippen LogP contribution in [0.4, 0.5) is 0 Å². The van der Waals surface area contributed by atoms with Crippen molar-refractivity contribution in [2.24, 2.45) is 0 Å². The zero-order valence-corrected chi connectivity index (χ0v) is 10.7. The Kier molecular flexibility index (Phi) is 3.53. The third-order valence-corrected chi connectivity index (χ3v) is 2.91. The van der Waals surface area contributed by atoms with Gasteiger partial charge in [-0.2, -0.15) is 0 Å². The largest absolute Gasteiger partial charge is 0.240 e. The molecule has 0 saturated carbocycles. The van der Waals surface area contributed by atoms with Crippen LogP contribution >= 0.6 is 34.2 Å². The van der Waals surface area contributed by atoms with Crippen molar-refractivity contribution in [1.82, 2.24) is 9.97 Å². The number of aromatic nitrogens is 2. The van der Waals surface area contributed by atoms with Crippen LogP contribution < -0.4 is 0 Å². The molecular formula is C11H8ClIN2. The van der Waals surface area contributed by atoms with Gasteiger partial charge in [0, 0.05) is 27.4 Å². The number of halogens is 2. The number of hydrogen-bond acceptors (Lipinski definition) is 2. The zero-order valence-electron chi connectivity index (χ0n) is 7.82. The number of benzene rings is 1. The summed E-state index contributed by atoms with van der Waals surface area (Å²) in [5.41, 5.74) is 1.06. The maximum absolute atomic E-state index is 6.05. The van der Waals surface area contributed by atoms with Crippen molar-refractivity contribution in [1.29, 1.82) is 0 Å². The molecule has 0 amide bonds. The fraction of sp³-hybridized carbons (Fsp3) is 0.0909. The van der Waals surface area contributed by atoms with Gasteiger partial charge in [-0.15, -0.1) is 0 Å². The van der Waals surface area contributed by atoms with Crippen molar-refractivity contribution in [3.8, 4) is 0 Å². The second-order valence-corrected chi connectivity index (χ2v) is 4.74. The standard InChI is InChI=1S/C11H8ClIN2/c12-10-4-2-1-3-8(10)5-11-14-6-9(13)7-15-11/h1-4,6-7H,5H2.